The Morgan fingerprint density at radius 2 is 2.04 bits per heavy atom. The fourth-order valence-electron chi connectivity index (χ4n) is 3.84. The lowest BCUT2D eigenvalue weighted by Gasteiger charge is -2.29. The van der Waals surface area contributed by atoms with Gasteiger partial charge < -0.3 is 10.6 Å². The topological polar surface area (TPSA) is 58.2 Å². The van der Waals surface area contributed by atoms with Gasteiger partial charge in [-0.2, -0.15) is 0 Å². The van der Waals surface area contributed by atoms with E-state index in [2.05, 4.69) is 28.8 Å². The molecule has 1 aromatic rings. The molecule has 0 unspecified atom stereocenters. The van der Waals surface area contributed by atoms with Crippen LogP contribution in [0.1, 0.15) is 56.2 Å². The first kappa shape index (κ1) is 16.5. The number of amides is 2. The van der Waals surface area contributed by atoms with Gasteiger partial charge in [0.15, 0.2) is 0 Å². The molecule has 0 saturated heterocycles. The first-order valence-electron chi connectivity index (χ1n) is 8.69. The molecule has 126 valence electrons. The number of rotatable bonds is 4. The molecular formula is C18H26N2O2S. The molecular weight excluding hydrogens is 308 g/mol. The number of hydrogen-bond acceptors (Lipinski definition) is 2. The molecule has 0 spiro atoms. The summed E-state index contributed by atoms with van der Waals surface area (Å²) in [5.74, 6) is 0.711. The third-order valence-electron chi connectivity index (χ3n) is 5.06. The van der Waals surface area contributed by atoms with Crippen molar-refractivity contribution in [2.45, 2.75) is 62.8 Å². The van der Waals surface area contributed by atoms with Crippen molar-refractivity contribution in [1.82, 2.24) is 10.6 Å². The van der Waals surface area contributed by atoms with Crippen LogP contribution in [0.3, 0.4) is 0 Å². The smallest absolute Gasteiger partial charge is 0.315 e. The SMILES string of the molecule is CC[S@](=O)[C@@H]1CCC[C@H](NC(=O)N[C@H]2CCc3ccccc32)C1. The fourth-order valence-corrected chi connectivity index (χ4v) is 5.19. The summed E-state index contributed by atoms with van der Waals surface area (Å²) >= 11 is 0. The van der Waals surface area contributed by atoms with E-state index < -0.39 is 10.8 Å². The van der Waals surface area contributed by atoms with Gasteiger partial charge in [0.25, 0.3) is 0 Å². The Morgan fingerprint density at radius 1 is 1.22 bits per heavy atom. The van der Waals surface area contributed by atoms with Crippen LogP contribution in [0.2, 0.25) is 0 Å². The van der Waals surface area contributed by atoms with Crippen LogP contribution in [-0.4, -0.2) is 27.3 Å². The maximum Gasteiger partial charge on any atom is 0.315 e. The molecule has 2 aliphatic carbocycles. The first-order chi connectivity index (χ1) is 11.2. The van der Waals surface area contributed by atoms with Crippen LogP contribution < -0.4 is 10.6 Å². The van der Waals surface area contributed by atoms with E-state index in [0.29, 0.717) is 5.75 Å². The Morgan fingerprint density at radius 3 is 2.87 bits per heavy atom. The Hall–Kier alpha value is -1.36. The summed E-state index contributed by atoms with van der Waals surface area (Å²) in [4.78, 5) is 12.3. The van der Waals surface area contributed by atoms with Crippen LogP contribution in [0.4, 0.5) is 4.79 Å². The van der Waals surface area contributed by atoms with Crippen molar-refractivity contribution >= 4 is 16.8 Å². The highest BCUT2D eigenvalue weighted by atomic mass is 32.2. The zero-order valence-electron chi connectivity index (χ0n) is 13.7. The minimum absolute atomic E-state index is 0.0837. The number of carbonyl (C=O) groups is 1. The van der Waals surface area contributed by atoms with E-state index in [1.165, 1.54) is 11.1 Å². The van der Waals surface area contributed by atoms with Crippen molar-refractivity contribution in [3.63, 3.8) is 0 Å². The van der Waals surface area contributed by atoms with Crippen LogP contribution in [0.15, 0.2) is 24.3 Å². The second-order valence-electron chi connectivity index (χ2n) is 6.56. The predicted molar refractivity (Wildman–Crippen MR) is 93.9 cm³/mol. The van der Waals surface area contributed by atoms with Gasteiger partial charge in [0.2, 0.25) is 0 Å². The van der Waals surface area contributed by atoms with Gasteiger partial charge in [0.05, 0.1) is 6.04 Å². The highest BCUT2D eigenvalue weighted by Gasteiger charge is 2.28. The van der Waals surface area contributed by atoms with Gasteiger partial charge in [0, 0.05) is 27.8 Å². The fraction of sp³-hybridized carbons (Fsp3) is 0.611. The second kappa shape index (κ2) is 7.47. The number of carbonyl (C=O) groups excluding carboxylic acids is 1. The molecule has 0 radical (unpaired) electrons. The lowest BCUT2D eigenvalue weighted by atomic mass is 9.95. The summed E-state index contributed by atoms with van der Waals surface area (Å²) in [6.07, 6.45) is 5.91. The second-order valence-corrected chi connectivity index (χ2v) is 8.57. The van der Waals surface area contributed by atoms with Gasteiger partial charge in [0.1, 0.15) is 0 Å². The summed E-state index contributed by atoms with van der Waals surface area (Å²) in [5, 5.41) is 6.46. The van der Waals surface area contributed by atoms with E-state index >= 15 is 0 Å². The van der Waals surface area contributed by atoms with E-state index in [9.17, 15) is 9.00 Å². The first-order valence-corrected chi connectivity index (χ1v) is 10.1. The van der Waals surface area contributed by atoms with Crippen LogP contribution >= 0.6 is 0 Å². The molecule has 0 heterocycles. The Balaban J connectivity index is 1.53. The molecule has 3 rings (SSSR count). The zero-order valence-corrected chi connectivity index (χ0v) is 14.5. The van der Waals surface area contributed by atoms with Crippen molar-refractivity contribution in [2.24, 2.45) is 0 Å². The molecule has 0 aromatic heterocycles. The van der Waals surface area contributed by atoms with Crippen molar-refractivity contribution in [3.05, 3.63) is 35.4 Å². The average Bonchev–Trinajstić information content (AvgIpc) is 2.97. The number of nitrogens with one attached hydrogen (secondary N) is 2. The minimum atomic E-state index is -0.754. The predicted octanol–water partition coefficient (Wildman–Crippen LogP) is 3.05. The number of aryl methyl sites for hydroxylation is 1. The molecule has 23 heavy (non-hydrogen) atoms. The summed E-state index contributed by atoms with van der Waals surface area (Å²) in [6, 6.07) is 8.52. The number of fused-ring (bicyclic) bond motifs is 1. The molecule has 0 aliphatic heterocycles. The number of hydrogen-bond donors (Lipinski definition) is 2. The summed E-state index contributed by atoms with van der Waals surface area (Å²) in [6.45, 7) is 1.97. The van der Waals surface area contributed by atoms with Crippen molar-refractivity contribution in [1.29, 1.82) is 0 Å². The molecule has 2 amide bonds. The molecule has 2 N–H and O–H groups in total. The summed E-state index contributed by atoms with van der Waals surface area (Å²) in [7, 11) is -0.754. The van der Waals surface area contributed by atoms with E-state index in [4.69, 9.17) is 0 Å². The third-order valence-corrected chi connectivity index (χ3v) is 6.80. The van der Waals surface area contributed by atoms with E-state index in [0.717, 1.165) is 38.5 Å². The highest BCUT2D eigenvalue weighted by molar-refractivity contribution is 7.85. The Kier molecular flexibility index (Phi) is 5.36. The van der Waals surface area contributed by atoms with Crippen LogP contribution in [0.5, 0.6) is 0 Å². The Labute approximate surface area is 140 Å². The lowest BCUT2D eigenvalue weighted by Crippen LogP contribution is -2.46. The highest BCUT2D eigenvalue weighted by Crippen LogP contribution is 2.30. The molecule has 4 nitrogen and oxygen atoms in total. The molecule has 1 saturated carbocycles. The van der Waals surface area contributed by atoms with Gasteiger partial charge in [-0.1, -0.05) is 37.6 Å². The van der Waals surface area contributed by atoms with Gasteiger partial charge >= 0.3 is 6.03 Å². The summed E-state index contributed by atoms with van der Waals surface area (Å²) in [5.41, 5.74) is 2.59. The van der Waals surface area contributed by atoms with Gasteiger partial charge in [-0.05, 0) is 43.2 Å². The Bertz CT molecular complexity index is 590. The molecule has 4 atom stereocenters. The zero-order chi connectivity index (χ0) is 16.2. The van der Waals surface area contributed by atoms with E-state index in [1.54, 1.807) is 0 Å². The minimum Gasteiger partial charge on any atom is -0.335 e. The molecule has 0 bridgehead atoms. The molecule has 2 aliphatic rings. The van der Waals surface area contributed by atoms with Crippen LogP contribution in [0.25, 0.3) is 0 Å². The van der Waals surface area contributed by atoms with Crippen molar-refractivity contribution in [3.8, 4) is 0 Å². The maximum atomic E-state index is 12.3. The average molecular weight is 334 g/mol. The number of benzene rings is 1. The van der Waals surface area contributed by atoms with Crippen LogP contribution in [0, 0.1) is 0 Å². The molecule has 1 aromatic carbocycles. The summed E-state index contributed by atoms with van der Waals surface area (Å²) < 4.78 is 12.0. The van der Waals surface area contributed by atoms with E-state index in [-0.39, 0.29) is 23.4 Å². The van der Waals surface area contributed by atoms with Crippen molar-refractivity contribution < 1.29 is 9.00 Å². The normalized spacial score (nSPS) is 28.0. The van der Waals surface area contributed by atoms with Crippen molar-refractivity contribution in [2.75, 3.05) is 5.75 Å². The van der Waals surface area contributed by atoms with Gasteiger partial charge in [-0.3, -0.25) is 4.21 Å². The lowest BCUT2D eigenvalue weighted by molar-refractivity contribution is 0.229. The maximum absolute atomic E-state index is 12.3. The standard InChI is InChI=1S/C18H26N2O2S/c1-2-23(22)15-8-5-7-14(12-15)19-18(21)20-17-11-10-13-6-3-4-9-16(13)17/h3-4,6,9,14-15,17H,2,5,7-8,10-12H2,1H3,(H2,19,20,21)/t14-,15+,17-,23-/m0/s1. The monoisotopic (exact) mass is 334 g/mol. The van der Waals surface area contributed by atoms with Gasteiger partial charge in [-0.25, -0.2) is 4.79 Å². The van der Waals surface area contributed by atoms with E-state index in [1.807, 2.05) is 13.0 Å². The quantitative estimate of drug-likeness (QED) is 0.889. The van der Waals surface area contributed by atoms with Crippen LogP contribution in [-0.2, 0) is 17.2 Å². The third kappa shape index (κ3) is 3.94. The molecule has 5 heteroatoms. The molecule has 1 fully saturated rings. The number of urea groups is 1. The van der Waals surface area contributed by atoms with Gasteiger partial charge in [-0.15, -0.1) is 0 Å². The largest absolute Gasteiger partial charge is 0.335 e.